The van der Waals surface area contributed by atoms with Gasteiger partial charge in [0, 0.05) is 26.2 Å². The zero-order valence-electron chi connectivity index (χ0n) is 19.3. The molecule has 35 heavy (non-hydrogen) atoms. The Morgan fingerprint density at radius 2 is 1.97 bits per heavy atom. The van der Waals surface area contributed by atoms with E-state index in [1.54, 1.807) is 18.5 Å². The summed E-state index contributed by atoms with van der Waals surface area (Å²) in [5.41, 5.74) is 3.15. The van der Waals surface area contributed by atoms with Gasteiger partial charge < -0.3 is 24.3 Å². The Morgan fingerprint density at radius 3 is 2.69 bits per heavy atom. The zero-order chi connectivity index (χ0) is 23.9. The Balaban J connectivity index is 1.27. The van der Waals surface area contributed by atoms with Gasteiger partial charge in [0.2, 0.25) is 5.88 Å². The fourth-order valence-corrected chi connectivity index (χ4v) is 4.55. The van der Waals surface area contributed by atoms with Gasteiger partial charge >= 0.3 is 0 Å². The molecule has 2 fully saturated rings. The van der Waals surface area contributed by atoms with Gasteiger partial charge in [-0.15, -0.1) is 10.2 Å². The lowest BCUT2D eigenvalue weighted by molar-refractivity contribution is 0.0302. The number of nitriles is 1. The molecule has 2 aliphatic heterocycles. The minimum Gasteiger partial charge on any atom is -0.437 e. The maximum Gasteiger partial charge on any atom is 0.223 e. The van der Waals surface area contributed by atoms with E-state index in [-0.39, 0.29) is 12.2 Å². The summed E-state index contributed by atoms with van der Waals surface area (Å²) in [4.78, 5) is 15.4. The highest BCUT2D eigenvalue weighted by atomic mass is 16.5. The van der Waals surface area contributed by atoms with Crippen molar-refractivity contribution in [1.82, 2.24) is 29.7 Å². The molecule has 4 aromatic rings. The lowest BCUT2D eigenvalue weighted by Gasteiger charge is -2.32. The first kappa shape index (κ1) is 21.2. The predicted octanol–water partition coefficient (Wildman–Crippen LogP) is 3.24. The maximum atomic E-state index is 9.06. The van der Waals surface area contributed by atoms with E-state index in [0.717, 1.165) is 37.3 Å². The highest BCUT2D eigenvalue weighted by Gasteiger charge is 2.34. The van der Waals surface area contributed by atoms with Gasteiger partial charge in [-0.3, -0.25) is 0 Å². The number of pyridine rings is 2. The fraction of sp³-hybridized carbons (Fsp3) is 0.333. The van der Waals surface area contributed by atoms with Gasteiger partial charge in [-0.1, -0.05) is 0 Å². The van der Waals surface area contributed by atoms with Gasteiger partial charge in [0.05, 0.1) is 30.4 Å². The molecule has 11 heteroatoms. The molecular weight excluding hydrogens is 446 g/mol. The molecule has 4 aromatic heterocycles. The zero-order valence-corrected chi connectivity index (χ0v) is 19.3. The Kier molecular flexibility index (Phi) is 5.15. The molecular formula is C24H23N9O2. The molecule has 0 spiro atoms. The van der Waals surface area contributed by atoms with Crippen LogP contribution in [0.15, 0.2) is 36.8 Å². The molecule has 6 heterocycles. The van der Waals surface area contributed by atoms with Crippen LogP contribution in [0.2, 0.25) is 0 Å². The second-order valence-electron chi connectivity index (χ2n) is 8.85. The molecule has 0 amide bonds. The smallest absolute Gasteiger partial charge is 0.223 e. The van der Waals surface area contributed by atoms with Crippen molar-refractivity contribution in [3.8, 4) is 17.7 Å². The minimum atomic E-state index is 0.288. The number of ether oxygens (including phenoxy) is 2. The van der Waals surface area contributed by atoms with Gasteiger partial charge in [-0.2, -0.15) is 10.2 Å². The Labute approximate surface area is 201 Å². The molecule has 0 radical (unpaired) electrons. The van der Waals surface area contributed by atoms with Crippen LogP contribution in [0.5, 0.6) is 11.6 Å². The van der Waals surface area contributed by atoms with Gasteiger partial charge in [0.1, 0.15) is 17.3 Å². The van der Waals surface area contributed by atoms with E-state index in [2.05, 4.69) is 35.4 Å². The molecule has 6 rings (SSSR count). The van der Waals surface area contributed by atoms with Gasteiger partial charge in [-0.05, 0) is 43.5 Å². The Hall–Kier alpha value is -4.30. The number of imidazole rings is 1. The number of rotatable bonds is 5. The van der Waals surface area contributed by atoms with Crippen LogP contribution < -0.4 is 15.0 Å². The van der Waals surface area contributed by atoms with Crippen LogP contribution in [0, 0.1) is 18.3 Å². The van der Waals surface area contributed by atoms with Crippen LogP contribution in [0.3, 0.4) is 0 Å². The normalized spacial score (nSPS) is 19.1. The minimum absolute atomic E-state index is 0.288. The van der Waals surface area contributed by atoms with E-state index in [4.69, 9.17) is 14.7 Å². The molecule has 0 saturated carbocycles. The van der Waals surface area contributed by atoms with Crippen molar-refractivity contribution < 1.29 is 9.47 Å². The lowest BCUT2D eigenvalue weighted by atomic mass is 10.2. The molecule has 0 aromatic carbocycles. The summed E-state index contributed by atoms with van der Waals surface area (Å²) in [6.07, 6.45) is 6.02. The number of anilines is 3. The van der Waals surface area contributed by atoms with Crippen LogP contribution in [0.1, 0.15) is 24.1 Å². The number of nitrogens with zero attached hydrogens (tertiary/aromatic N) is 8. The number of morpholine rings is 1. The molecule has 1 N–H and O–H groups in total. The van der Waals surface area contributed by atoms with Crippen molar-refractivity contribution in [2.75, 3.05) is 23.3 Å². The van der Waals surface area contributed by atoms with Crippen LogP contribution in [-0.4, -0.2) is 55.0 Å². The SMILES string of the molecule is Cc1cc(C#N)ncc1Oc1cc(Nc2ccc(N3CC4CCC(C3)O4)nn2)c2ncn(C)c2n1. The maximum absolute atomic E-state index is 9.06. The predicted molar refractivity (Wildman–Crippen MR) is 128 cm³/mol. The highest BCUT2D eigenvalue weighted by molar-refractivity contribution is 5.88. The summed E-state index contributed by atoms with van der Waals surface area (Å²) in [7, 11) is 1.87. The second kappa shape index (κ2) is 8.48. The van der Waals surface area contributed by atoms with Crippen molar-refractivity contribution in [2.24, 2.45) is 7.05 Å². The molecule has 2 bridgehead atoms. The quantitative estimate of drug-likeness (QED) is 0.465. The first-order chi connectivity index (χ1) is 17.1. The third-order valence-corrected chi connectivity index (χ3v) is 6.32. The number of nitrogens with one attached hydrogen (secondary N) is 1. The average Bonchev–Trinajstić information content (AvgIpc) is 3.41. The van der Waals surface area contributed by atoms with Crippen molar-refractivity contribution in [1.29, 1.82) is 5.26 Å². The summed E-state index contributed by atoms with van der Waals surface area (Å²) in [6.45, 7) is 3.55. The largest absolute Gasteiger partial charge is 0.437 e. The van der Waals surface area contributed by atoms with E-state index in [1.807, 2.05) is 36.7 Å². The van der Waals surface area contributed by atoms with Gasteiger partial charge in [0.25, 0.3) is 0 Å². The summed E-state index contributed by atoms with van der Waals surface area (Å²) >= 11 is 0. The number of aromatic nitrogens is 6. The van der Waals surface area contributed by atoms with Crippen molar-refractivity contribution in [2.45, 2.75) is 32.0 Å². The van der Waals surface area contributed by atoms with E-state index in [9.17, 15) is 0 Å². The van der Waals surface area contributed by atoms with Crippen molar-refractivity contribution in [3.05, 3.63) is 48.0 Å². The van der Waals surface area contributed by atoms with Gasteiger partial charge in [0.15, 0.2) is 23.0 Å². The Bertz CT molecular complexity index is 1430. The number of aryl methyl sites for hydroxylation is 2. The standard InChI is InChI=1S/C24H23N9O2/c1-14-7-15(9-25)26-10-19(14)35-22-8-18(23-24(29-22)32(2)13-27-23)28-20-5-6-21(31-30-20)33-11-16-3-4-17(12-33)34-16/h5-8,10,13,16-17H,3-4,11-12H2,1-2H3,(H,28,29,30). The monoisotopic (exact) mass is 469 g/mol. The third-order valence-electron chi connectivity index (χ3n) is 6.32. The molecule has 2 aliphatic rings. The fourth-order valence-electron chi connectivity index (χ4n) is 4.55. The number of hydrogen-bond donors (Lipinski definition) is 1. The van der Waals surface area contributed by atoms with E-state index in [1.165, 1.54) is 6.20 Å². The van der Waals surface area contributed by atoms with Crippen LogP contribution in [0.25, 0.3) is 11.2 Å². The molecule has 11 nitrogen and oxygen atoms in total. The lowest BCUT2D eigenvalue weighted by Crippen LogP contribution is -2.43. The summed E-state index contributed by atoms with van der Waals surface area (Å²) in [6, 6.07) is 9.35. The highest BCUT2D eigenvalue weighted by Crippen LogP contribution is 2.32. The molecule has 176 valence electrons. The molecule has 2 unspecified atom stereocenters. The number of fused-ring (bicyclic) bond motifs is 3. The second-order valence-corrected chi connectivity index (χ2v) is 8.85. The van der Waals surface area contributed by atoms with E-state index in [0.29, 0.717) is 40.0 Å². The molecule has 2 atom stereocenters. The third kappa shape index (κ3) is 4.08. The summed E-state index contributed by atoms with van der Waals surface area (Å²) < 4.78 is 13.8. The van der Waals surface area contributed by atoms with Crippen molar-refractivity contribution in [3.63, 3.8) is 0 Å². The van der Waals surface area contributed by atoms with Crippen LogP contribution >= 0.6 is 0 Å². The molecule has 0 aliphatic carbocycles. The average molecular weight is 470 g/mol. The van der Waals surface area contributed by atoms with Crippen LogP contribution in [0.4, 0.5) is 17.3 Å². The van der Waals surface area contributed by atoms with E-state index < -0.39 is 0 Å². The van der Waals surface area contributed by atoms with Crippen LogP contribution in [-0.2, 0) is 11.8 Å². The van der Waals surface area contributed by atoms with Crippen molar-refractivity contribution >= 4 is 28.5 Å². The molecule has 2 saturated heterocycles. The first-order valence-corrected chi connectivity index (χ1v) is 11.4. The first-order valence-electron chi connectivity index (χ1n) is 11.4. The topological polar surface area (TPSA) is 127 Å². The summed E-state index contributed by atoms with van der Waals surface area (Å²) in [5, 5.41) is 21.2. The van der Waals surface area contributed by atoms with Gasteiger partial charge in [-0.25, -0.2) is 9.97 Å². The number of hydrogen-bond acceptors (Lipinski definition) is 10. The summed E-state index contributed by atoms with van der Waals surface area (Å²) in [5.74, 6) is 2.32. The Morgan fingerprint density at radius 1 is 1.14 bits per heavy atom. The van der Waals surface area contributed by atoms with E-state index >= 15 is 0 Å².